The van der Waals surface area contributed by atoms with Gasteiger partial charge in [0.05, 0.1) is 11.8 Å². The lowest BCUT2D eigenvalue weighted by atomic mass is 9.65. The largest absolute Gasteiger partial charge is 0.349 e. The van der Waals surface area contributed by atoms with E-state index in [0.29, 0.717) is 11.5 Å². The van der Waals surface area contributed by atoms with Crippen LogP contribution < -0.4 is 5.32 Å². The highest BCUT2D eigenvalue weighted by Crippen LogP contribution is 2.48. The van der Waals surface area contributed by atoms with Crippen molar-refractivity contribution in [1.82, 2.24) is 20.0 Å². The Labute approximate surface area is 155 Å². The number of nitrogens with zero attached hydrogens (tertiary/aromatic N) is 3. The zero-order chi connectivity index (χ0) is 18.3. The van der Waals surface area contributed by atoms with Crippen LogP contribution in [0.25, 0.3) is 0 Å². The molecule has 0 unspecified atom stereocenters. The first kappa shape index (κ1) is 17.6. The molecule has 3 fully saturated rings. The maximum Gasteiger partial charge on any atom is 0.254 e. The minimum absolute atomic E-state index is 0.0415. The number of likely N-dealkylation sites (tertiary alicyclic amines) is 1. The Morgan fingerprint density at radius 3 is 2.62 bits per heavy atom. The number of aromatic nitrogens is 2. The van der Waals surface area contributed by atoms with Crippen LogP contribution in [0, 0.1) is 17.3 Å². The SMILES string of the molecule is CC1CCC(C(=O)N2CCC3(CC(NC(=O)c4cnn(C)c4)C3)C2)CC1. The van der Waals surface area contributed by atoms with E-state index in [-0.39, 0.29) is 23.3 Å². The molecule has 1 spiro atoms. The predicted molar refractivity (Wildman–Crippen MR) is 98.4 cm³/mol. The molecule has 1 aromatic rings. The monoisotopic (exact) mass is 358 g/mol. The Morgan fingerprint density at radius 2 is 1.96 bits per heavy atom. The quantitative estimate of drug-likeness (QED) is 0.902. The fourth-order valence-corrected chi connectivity index (χ4v) is 5.12. The van der Waals surface area contributed by atoms with Gasteiger partial charge in [0.25, 0.3) is 5.91 Å². The van der Waals surface area contributed by atoms with Gasteiger partial charge in [-0.2, -0.15) is 5.10 Å². The van der Waals surface area contributed by atoms with E-state index in [0.717, 1.165) is 51.1 Å². The molecule has 2 aliphatic carbocycles. The summed E-state index contributed by atoms with van der Waals surface area (Å²) in [6.45, 7) is 4.07. The average molecular weight is 358 g/mol. The van der Waals surface area contributed by atoms with Gasteiger partial charge in [-0.1, -0.05) is 6.92 Å². The van der Waals surface area contributed by atoms with E-state index in [1.807, 2.05) is 7.05 Å². The Kier molecular flexibility index (Phi) is 4.53. The zero-order valence-corrected chi connectivity index (χ0v) is 15.9. The number of rotatable bonds is 3. The number of carbonyl (C=O) groups is 2. The van der Waals surface area contributed by atoms with Gasteiger partial charge in [-0.15, -0.1) is 0 Å². The van der Waals surface area contributed by atoms with E-state index in [2.05, 4.69) is 22.2 Å². The second kappa shape index (κ2) is 6.71. The fourth-order valence-electron chi connectivity index (χ4n) is 5.12. The number of hydrogen-bond donors (Lipinski definition) is 1. The Balaban J connectivity index is 1.26. The average Bonchev–Trinajstić information content (AvgIpc) is 3.21. The highest BCUT2D eigenvalue weighted by Gasteiger charge is 2.50. The summed E-state index contributed by atoms with van der Waals surface area (Å²) in [5.74, 6) is 1.37. The van der Waals surface area contributed by atoms with Crippen LogP contribution >= 0.6 is 0 Å². The number of nitrogens with one attached hydrogen (secondary N) is 1. The third-order valence-electron chi connectivity index (χ3n) is 6.78. The van der Waals surface area contributed by atoms with E-state index in [4.69, 9.17) is 0 Å². The second-order valence-corrected chi connectivity index (χ2v) is 8.95. The van der Waals surface area contributed by atoms with E-state index in [1.54, 1.807) is 17.1 Å². The lowest BCUT2D eigenvalue weighted by molar-refractivity contribution is -0.136. The molecule has 2 heterocycles. The standard InChI is InChI=1S/C20H30N4O2/c1-14-3-5-15(6-4-14)19(26)24-8-7-20(13-24)9-17(10-20)22-18(25)16-11-21-23(2)12-16/h11-12,14-15,17H,3-10,13H2,1-2H3,(H,22,25). The molecule has 1 N–H and O–H groups in total. The first-order chi connectivity index (χ1) is 12.4. The minimum Gasteiger partial charge on any atom is -0.349 e. The summed E-state index contributed by atoms with van der Waals surface area (Å²) in [7, 11) is 1.81. The van der Waals surface area contributed by atoms with Crippen molar-refractivity contribution >= 4 is 11.8 Å². The smallest absolute Gasteiger partial charge is 0.254 e. The summed E-state index contributed by atoms with van der Waals surface area (Å²) in [6.07, 6.45) is 10.9. The molecule has 1 aliphatic heterocycles. The zero-order valence-electron chi connectivity index (χ0n) is 15.9. The third kappa shape index (κ3) is 3.38. The predicted octanol–water partition coefficient (Wildman–Crippen LogP) is 2.36. The maximum atomic E-state index is 12.8. The van der Waals surface area contributed by atoms with E-state index in [9.17, 15) is 9.59 Å². The molecule has 0 aromatic carbocycles. The lowest BCUT2D eigenvalue weighted by Gasteiger charge is -2.45. The van der Waals surface area contributed by atoms with Crippen molar-refractivity contribution in [2.75, 3.05) is 13.1 Å². The van der Waals surface area contributed by atoms with Crippen molar-refractivity contribution in [3.63, 3.8) is 0 Å². The van der Waals surface area contributed by atoms with Gasteiger partial charge in [0.15, 0.2) is 0 Å². The van der Waals surface area contributed by atoms with Crippen molar-refractivity contribution < 1.29 is 9.59 Å². The highest BCUT2D eigenvalue weighted by atomic mass is 16.2. The van der Waals surface area contributed by atoms with Gasteiger partial charge >= 0.3 is 0 Å². The van der Waals surface area contributed by atoms with Crippen molar-refractivity contribution in [1.29, 1.82) is 0 Å². The van der Waals surface area contributed by atoms with Crippen molar-refractivity contribution in [3.8, 4) is 0 Å². The van der Waals surface area contributed by atoms with E-state index < -0.39 is 0 Å². The normalized spacial score (nSPS) is 33.9. The number of amides is 2. The molecular formula is C20H30N4O2. The molecule has 0 atom stereocenters. The molecule has 0 bridgehead atoms. The minimum atomic E-state index is -0.0415. The summed E-state index contributed by atoms with van der Waals surface area (Å²) >= 11 is 0. The molecule has 6 nitrogen and oxygen atoms in total. The second-order valence-electron chi connectivity index (χ2n) is 8.95. The Morgan fingerprint density at radius 1 is 1.23 bits per heavy atom. The van der Waals surface area contributed by atoms with Crippen LogP contribution in [0.4, 0.5) is 0 Å². The lowest BCUT2D eigenvalue weighted by Crippen LogP contribution is -2.52. The van der Waals surface area contributed by atoms with E-state index in [1.165, 1.54) is 12.8 Å². The van der Waals surface area contributed by atoms with Gasteiger partial charge in [0.2, 0.25) is 5.91 Å². The highest BCUT2D eigenvalue weighted by molar-refractivity contribution is 5.94. The molecule has 4 rings (SSSR count). The van der Waals surface area contributed by atoms with Crippen LogP contribution in [-0.2, 0) is 11.8 Å². The van der Waals surface area contributed by atoms with Gasteiger partial charge in [-0.3, -0.25) is 14.3 Å². The maximum absolute atomic E-state index is 12.8. The van der Waals surface area contributed by atoms with Crippen molar-refractivity contribution in [2.45, 2.75) is 57.9 Å². The number of aryl methyl sites for hydroxylation is 1. The number of hydrogen-bond acceptors (Lipinski definition) is 3. The molecule has 1 saturated heterocycles. The molecule has 0 radical (unpaired) electrons. The Hall–Kier alpha value is -1.85. The van der Waals surface area contributed by atoms with Gasteiger partial charge in [0.1, 0.15) is 0 Å². The van der Waals surface area contributed by atoms with Crippen LogP contribution in [0.2, 0.25) is 0 Å². The topological polar surface area (TPSA) is 67.2 Å². The molecule has 6 heteroatoms. The molecule has 1 aromatic heterocycles. The molecule has 2 amide bonds. The molecule has 2 saturated carbocycles. The Bertz CT molecular complexity index is 684. The summed E-state index contributed by atoms with van der Waals surface area (Å²) < 4.78 is 1.64. The van der Waals surface area contributed by atoms with Crippen LogP contribution in [0.5, 0.6) is 0 Å². The van der Waals surface area contributed by atoms with Gasteiger partial charge < -0.3 is 10.2 Å². The first-order valence-corrected chi connectivity index (χ1v) is 10.0. The first-order valence-electron chi connectivity index (χ1n) is 10.0. The third-order valence-corrected chi connectivity index (χ3v) is 6.78. The molecule has 26 heavy (non-hydrogen) atoms. The summed E-state index contributed by atoms with van der Waals surface area (Å²) in [5, 5.41) is 7.16. The molecular weight excluding hydrogens is 328 g/mol. The van der Waals surface area contributed by atoms with Gasteiger partial charge in [-0.25, -0.2) is 0 Å². The summed E-state index contributed by atoms with van der Waals surface area (Å²) in [4.78, 5) is 27.2. The summed E-state index contributed by atoms with van der Waals surface area (Å²) in [6, 6.07) is 0.230. The molecule has 3 aliphatic rings. The van der Waals surface area contributed by atoms with Crippen molar-refractivity contribution in [3.05, 3.63) is 18.0 Å². The molecule has 142 valence electrons. The van der Waals surface area contributed by atoms with Crippen LogP contribution in [0.15, 0.2) is 12.4 Å². The van der Waals surface area contributed by atoms with E-state index >= 15 is 0 Å². The van der Waals surface area contributed by atoms with Gasteiger partial charge in [-0.05, 0) is 56.3 Å². The van der Waals surface area contributed by atoms with Crippen LogP contribution in [0.1, 0.15) is 62.2 Å². The van der Waals surface area contributed by atoms with Crippen LogP contribution in [-0.4, -0.2) is 45.6 Å². The summed E-state index contributed by atoms with van der Waals surface area (Å²) in [5.41, 5.74) is 0.855. The number of carbonyl (C=O) groups excluding carboxylic acids is 2. The van der Waals surface area contributed by atoms with Crippen molar-refractivity contribution in [2.24, 2.45) is 24.3 Å². The fraction of sp³-hybridized carbons (Fsp3) is 0.750. The van der Waals surface area contributed by atoms with Gasteiger partial charge in [0, 0.05) is 38.3 Å². The van der Waals surface area contributed by atoms with Crippen LogP contribution in [0.3, 0.4) is 0 Å².